The lowest BCUT2D eigenvalue weighted by molar-refractivity contribution is 0.0208. The fourth-order valence-electron chi connectivity index (χ4n) is 1.70. The number of nitrogens with zero attached hydrogens (tertiary/aromatic N) is 3. The SMILES string of the molecule is c1cncc(-c2nc(C3CNCCO3)no2)c1. The van der Waals surface area contributed by atoms with E-state index in [0.717, 1.165) is 12.1 Å². The highest BCUT2D eigenvalue weighted by Crippen LogP contribution is 2.20. The molecule has 1 saturated heterocycles. The van der Waals surface area contributed by atoms with Crippen molar-refractivity contribution in [3.05, 3.63) is 30.4 Å². The number of nitrogens with one attached hydrogen (secondary N) is 1. The van der Waals surface area contributed by atoms with Crippen LogP contribution in [-0.2, 0) is 4.74 Å². The van der Waals surface area contributed by atoms with Gasteiger partial charge in [0.2, 0.25) is 5.82 Å². The fourth-order valence-corrected chi connectivity index (χ4v) is 1.70. The van der Waals surface area contributed by atoms with E-state index in [1.165, 1.54) is 0 Å². The summed E-state index contributed by atoms with van der Waals surface area (Å²) in [7, 11) is 0. The molecule has 88 valence electrons. The summed E-state index contributed by atoms with van der Waals surface area (Å²) in [6, 6.07) is 3.71. The second kappa shape index (κ2) is 4.60. The van der Waals surface area contributed by atoms with Crippen molar-refractivity contribution in [1.29, 1.82) is 0 Å². The molecule has 0 saturated carbocycles. The van der Waals surface area contributed by atoms with Gasteiger partial charge < -0.3 is 14.6 Å². The summed E-state index contributed by atoms with van der Waals surface area (Å²) in [6.07, 6.45) is 3.27. The Hall–Kier alpha value is -1.79. The van der Waals surface area contributed by atoms with Crippen molar-refractivity contribution < 1.29 is 9.26 Å². The van der Waals surface area contributed by atoms with Crippen LogP contribution in [0.1, 0.15) is 11.9 Å². The van der Waals surface area contributed by atoms with Gasteiger partial charge in [-0.05, 0) is 12.1 Å². The van der Waals surface area contributed by atoms with Crippen molar-refractivity contribution in [3.8, 4) is 11.5 Å². The molecule has 2 aromatic heterocycles. The minimum atomic E-state index is -0.127. The lowest BCUT2D eigenvalue weighted by atomic mass is 10.3. The maximum Gasteiger partial charge on any atom is 0.259 e. The molecule has 1 unspecified atom stereocenters. The van der Waals surface area contributed by atoms with Crippen molar-refractivity contribution in [1.82, 2.24) is 20.4 Å². The van der Waals surface area contributed by atoms with Gasteiger partial charge in [0.05, 0.1) is 12.2 Å². The van der Waals surface area contributed by atoms with Crippen LogP contribution in [0.4, 0.5) is 0 Å². The summed E-state index contributed by atoms with van der Waals surface area (Å²) in [5.41, 5.74) is 0.815. The molecule has 0 radical (unpaired) electrons. The van der Waals surface area contributed by atoms with Crippen molar-refractivity contribution in [2.75, 3.05) is 19.7 Å². The molecule has 1 aliphatic rings. The average Bonchev–Trinajstić information content (AvgIpc) is 2.90. The number of aromatic nitrogens is 3. The molecule has 0 aromatic carbocycles. The topological polar surface area (TPSA) is 73.1 Å². The summed E-state index contributed by atoms with van der Waals surface area (Å²) >= 11 is 0. The predicted octanol–water partition coefficient (Wildman–Crippen LogP) is 0.792. The molecular formula is C11H12N4O2. The number of hydrogen-bond acceptors (Lipinski definition) is 6. The van der Waals surface area contributed by atoms with Gasteiger partial charge in [-0.1, -0.05) is 5.16 Å². The maximum absolute atomic E-state index is 5.55. The lowest BCUT2D eigenvalue weighted by Gasteiger charge is -2.20. The molecule has 0 aliphatic carbocycles. The van der Waals surface area contributed by atoms with E-state index < -0.39 is 0 Å². The van der Waals surface area contributed by atoms with Gasteiger partial charge in [0.15, 0.2) is 0 Å². The van der Waals surface area contributed by atoms with Crippen LogP contribution in [0.15, 0.2) is 29.0 Å². The van der Waals surface area contributed by atoms with Crippen molar-refractivity contribution in [3.63, 3.8) is 0 Å². The number of pyridine rings is 1. The molecule has 6 nitrogen and oxygen atoms in total. The van der Waals surface area contributed by atoms with Crippen molar-refractivity contribution in [2.45, 2.75) is 6.10 Å². The second-order valence-corrected chi connectivity index (χ2v) is 3.76. The molecule has 2 aromatic rings. The van der Waals surface area contributed by atoms with Crippen molar-refractivity contribution >= 4 is 0 Å². The molecule has 0 bridgehead atoms. The molecule has 3 rings (SSSR count). The van der Waals surface area contributed by atoms with Crippen LogP contribution < -0.4 is 5.32 Å². The second-order valence-electron chi connectivity index (χ2n) is 3.76. The van der Waals surface area contributed by atoms with Crippen LogP contribution in [0.2, 0.25) is 0 Å². The predicted molar refractivity (Wildman–Crippen MR) is 59.1 cm³/mol. The highest BCUT2D eigenvalue weighted by atomic mass is 16.5. The monoisotopic (exact) mass is 232 g/mol. The first kappa shape index (κ1) is 10.4. The number of morpholine rings is 1. The summed E-state index contributed by atoms with van der Waals surface area (Å²) in [6.45, 7) is 2.25. The molecule has 1 fully saturated rings. The Morgan fingerprint density at radius 3 is 3.18 bits per heavy atom. The standard InChI is InChI=1S/C11H12N4O2/c1-2-8(6-12-3-1)11-14-10(15-17-11)9-7-13-4-5-16-9/h1-3,6,9,13H,4-5,7H2. The zero-order chi connectivity index (χ0) is 11.5. The van der Waals surface area contributed by atoms with Gasteiger partial charge in [0.1, 0.15) is 6.10 Å². The third kappa shape index (κ3) is 2.17. The van der Waals surface area contributed by atoms with Crippen LogP contribution in [0, 0.1) is 0 Å². The third-order valence-corrected chi connectivity index (χ3v) is 2.57. The highest BCUT2D eigenvalue weighted by molar-refractivity contribution is 5.50. The fraction of sp³-hybridized carbons (Fsp3) is 0.364. The van der Waals surface area contributed by atoms with Crippen LogP contribution >= 0.6 is 0 Å². The quantitative estimate of drug-likeness (QED) is 0.825. The van der Waals surface area contributed by atoms with Gasteiger partial charge in [-0.3, -0.25) is 4.98 Å². The van der Waals surface area contributed by atoms with Gasteiger partial charge >= 0.3 is 0 Å². The zero-order valence-corrected chi connectivity index (χ0v) is 9.17. The summed E-state index contributed by atoms with van der Waals surface area (Å²) in [4.78, 5) is 8.33. The van der Waals surface area contributed by atoms with Gasteiger partial charge in [0.25, 0.3) is 5.89 Å². The van der Waals surface area contributed by atoms with E-state index >= 15 is 0 Å². The minimum absolute atomic E-state index is 0.127. The molecule has 17 heavy (non-hydrogen) atoms. The summed E-state index contributed by atoms with van der Waals surface area (Å²) in [5.74, 6) is 1.05. The van der Waals surface area contributed by atoms with E-state index in [4.69, 9.17) is 9.26 Å². The Bertz CT molecular complexity index is 479. The van der Waals surface area contributed by atoms with Crippen LogP contribution in [-0.4, -0.2) is 34.8 Å². The largest absolute Gasteiger partial charge is 0.367 e. The molecule has 6 heteroatoms. The minimum Gasteiger partial charge on any atom is -0.367 e. The van der Waals surface area contributed by atoms with Crippen LogP contribution in [0.25, 0.3) is 11.5 Å². The van der Waals surface area contributed by atoms with E-state index in [-0.39, 0.29) is 6.10 Å². The van der Waals surface area contributed by atoms with Crippen LogP contribution in [0.3, 0.4) is 0 Å². The lowest BCUT2D eigenvalue weighted by Crippen LogP contribution is -2.33. The zero-order valence-electron chi connectivity index (χ0n) is 9.17. The van der Waals surface area contributed by atoms with E-state index in [1.807, 2.05) is 12.1 Å². The normalized spacial score (nSPS) is 20.4. The van der Waals surface area contributed by atoms with Gasteiger partial charge in [0, 0.05) is 25.5 Å². The molecule has 0 amide bonds. The van der Waals surface area contributed by atoms with E-state index in [0.29, 0.717) is 24.9 Å². The number of hydrogen-bond donors (Lipinski definition) is 1. The molecule has 1 N–H and O–H groups in total. The summed E-state index contributed by atoms with van der Waals surface area (Å²) < 4.78 is 10.7. The molecule has 1 atom stereocenters. The molecular weight excluding hydrogens is 220 g/mol. The first-order valence-corrected chi connectivity index (χ1v) is 5.50. The maximum atomic E-state index is 5.55. The van der Waals surface area contributed by atoms with E-state index in [9.17, 15) is 0 Å². The first-order valence-electron chi connectivity index (χ1n) is 5.50. The Kier molecular flexibility index (Phi) is 2.81. The Labute approximate surface area is 98.0 Å². The first-order chi connectivity index (χ1) is 8.43. The van der Waals surface area contributed by atoms with E-state index in [2.05, 4.69) is 20.4 Å². The Morgan fingerprint density at radius 2 is 2.41 bits per heavy atom. The van der Waals surface area contributed by atoms with Gasteiger partial charge in [-0.15, -0.1) is 0 Å². The van der Waals surface area contributed by atoms with Gasteiger partial charge in [-0.25, -0.2) is 0 Å². The van der Waals surface area contributed by atoms with Crippen molar-refractivity contribution in [2.24, 2.45) is 0 Å². The Balaban J connectivity index is 1.83. The molecule has 1 aliphatic heterocycles. The molecule has 3 heterocycles. The smallest absolute Gasteiger partial charge is 0.259 e. The summed E-state index contributed by atoms with van der Waals surface area (Å²) in [5, 5.41) is 7.16. The number of rotatable bonds is 2. The number of ether oxygens (including phenoxy) is 1. The molecule has 0 spiro atoms. The van der Waals surface area contributed by atoms with E-state index in [1.54, 1.807) is 12.4 Å². The van der Waals surface area contributed by atoms with Gasteiger partial charge in [-0.2, -0.15) is 4.98 Å². The van der Waals surface area contributed by atoms with Crippen LogP contribution in [0.5, 0.6) is 0 Å². The highest BCUT2D eigenvalue weighted by Gasteiger charge is 2.21. The third-order valence-electron chi connectivity index (χ3n) is 2.57. The average molecular weight is 232 g/mol. The Morgan fingerprint density at radius 1 is 1.41 bits per heavy atom.